The van der Waals surface area contributed by atoms with Crippen molar-refractivity contribution >= 4 is 40.8 Å². The van der Waals surface area contributed by atoms with E-state index in [1.165, 1.54) is 0 Å². The Labute approximate surface area is 103 Å². The van der Waals surface area contributed by atoms with Crippen molar-refractivity contribution in [1.29, 1.82) is 10.8 Å². The van der Waals surface area contributed by atoms with Gasteiger partial charge < -0.3 is 11.1 Å². The minimum atomic E-state index is -0.336. The van der Waals surface area contributed by atoms with Crippen molar-refractivity contribution in [1.82, 2.24) is 5.32 Å². The normalized spacial score (nSPS) is 9.69. The molecule has 0 aliphatic carbocycles. The van der Waals surface area contributed by atoms with E-state index in [0.717, 1.165) is 5.56 Å². The number of benzene rings is 1. The molecule has 0 saturated heterocycles. The summed E-state index contributed by atoms with van der Waals surface area (Å²) in [5.41, 5.74) is 6.41. The number of nitrogens with one attached hydrogen (secondary N) is 4. The Morgan fingerprint density at radius 2 is 1.75 bits per heavy atom. The molecular weight excluding hydrogens is 249 g/mol. The minimum Gasteiger partial charge on any atom is -0.370 e. The number of anilines is 1. The van der Waals surface area contributed by atoms with Crippen LogP contribution in [0.15, 0.2) is 12.1 Å². The average Bonchev–Trinajstić information content (AvgIpc) is 2.09. The van der Waals surface area contributed by atoms with Crippen LogP contribution in [0.2, 0.25) is 10.0 Å². The third-order valence-corrected chi connectivity index (χ3v) is 2.29. The SMILES string of the molecule is Cc1cc(Cl)c(NC(=N)NC(=N)N)c(Cl)c1. The highest BCUT2D eigenvalue weighted by molar-refractivity contribution is 6.40. The third kappa shape index (κ3) is 3.29. The van der Waals surface area contributed by atoms with Crippen molar-refractivity contribution in [3.8, 4) is 0 Å². The lowest BCUT2D eigenvalue weighted by atomic mass is 10.2. The molecule has 86 valence electrons. The zero-order valence-electron chi connectivity index (χ0n) is 8.49. The molecule has 0 spiro atoms. The molecule has 1 rings (SSSR count). The first kappa shape index (κ1) is 12.6. The van der Waals surface area contributed by atoms with Gasteiger partial charge in [0, 0.05) is 0 Å². The first-order valence-electron chi connectivity index (χ1n) is 4.32. The molecular formula is C9H11Cl2N5. The van der Waals surface area contributed by atoms with Crippen molar-refractivity contribution < 1.29 is 0 Å². The number of aryl methyl sites for hydroxylation is 1. The highest BCUT2D eigenvalue weighted by Gasteiger charge is 2.08. The smallest absolute Gasteiger partial charge is 0.199 e. The Balaban J connectivity index is 2.89. The fraction of sp³-hybridized carbons (Fsp3) is 0.111. The summed E-state index contributed by atoms with van der Waals surface area (Å²) in [6.45, 7) is 1.86. The van der Waals surface area contributed by atoms with E-state index in [-0.39, 0.29) is 11.9 Å². The summed E-state index contributed by atoms with van der Waals surface area (Å²) in [4.78, 5) is 0. The number of hydrogen-bond acceptors (Lipinski definition) is 2. The third-order valence-electron chi connectivity index (χ3n) is 1.70. The predicted molar refractivity (Wildman–Crippen MR) is 67.6 cm³/mol. The van der Waals surface area contributed by atoms with Crippen LogP contribution in [0.1, 0.15) is 5.56 Å². The fourth-order valence-corrected chi connectivity index (χ4v) is 1.80. The molecule has 5 nitrogen and oxygen atoms in total. The van der Waals surface area contributed by atoms with Crippen LogP contribution in [0.4, 0.5) is 5.69 Å². The molecule has 0 bridgehead atoms. The van der Waals surface area contributed by atoms with Gasteiger partial charge >= 0.3 is 0 Å². The first-order valence-corrected chi connectivity index (χ1v) is 5.08. The summed E-state index contributed by atoms with van der Waals surface area (Å²) in [5, 5.41) is 20.1. The molecule has 0 fully saturated rings. The van der Waals surface area contributed by atoms with Gasteiger partial charge in [0.05, 0.1) is 15.7 Å². The topological polar surface area (TPSA) is 97.8 Å². The summed E-state index contributed by atoms with van der Waals surface area (Å²) in [6.07, 6.45) is 0. The maximum atomic E-state index is 7.44. The Morgan fingerprint density at radius 3 is 2.19 bits per heavy atom. The summed E-state index contributed by atoms with van der Waals surface area (Å²) >= 11 is 11.9. The maximum absolute atomic E-state index is 7.44. The second-order valence-corrected chi connectivity index (χ2v) is 3.96. The Bertz CT molecular complexity index is 421. The van der Waals surface area contributed by atoms with Crippen LogP contribution in [0.5, 0.6) is 0 Å². The Kier molecular flexibility index (Phi) is 3.98. The van der Waals surface area contributed by atoms with E-state index in [1.807, 2.05) is 6.92 Å². The van der Waals surface area contributed by atoms with Gasteiger partial charge in [0.25, 0.3) is 0 Å². The van der Waals surface area contributed by atoms with Crippen molar-refractivity contribution in [3.05, 3.63) is 27.7 Å². The van der Waals surface area contributed by atoms with Gasteiger partial charge in [-0.25, -0.2) is 0 Å². The largest absolute Gasteiger partial charge is 0.370 e. The summed E-state index contributed by atoms with van der Waals surface area (Å²) in [6, 6.07) is 3.44. The van der Waals surface area contributed by atoms with Crippen LogP contribution >= 0.6 is 23.2 Å². The van der Waals surface area contributed by atoms with Gasteiger partial charge in [-0.1, -0.05) is 23.2 Å². The molecule has 1 aromatic rings. The van der Waals surface area contributed by atoms with Crippen LogP contribution in [0, 0.1) is 17.7 Å². The number of hydrogen-bond donors (Lipinski definition) is 5. The monoisotopic (exact) mass is 259 g/mol. The first-order chi connectivity index (χ1) is 7.40. The molecule has 16 heavy (non-hydrogen) atoms. The molecule has 0 atom stereocenters. The van der Waals surface area contributed by atoms with Crippen LogP contribution in [0.25, 0.3) is 0 Å². The number of halogens is 2. The van der Waals surface area contributed by atoms with Gasteiger partial charge in [-0.05, 0) is 24.6 Å². The van der Waals surface area contributed by atoms with Crippen molar-refractivity contribution in [3.63, 3.8) is 0 Å². The lowest BCUT2D eigenvalue weighted by Gasteiger charge is -2.12. The molecule has 0 amide bonds. The van der Waals surface area contributed by atoms with Gasteiger partial charge in [0.1, 0.15) is 0 Å². The summed E-state index contributed by atoms with van der Waals surface area (Å²) in [5.74, 6) is -0.503. The number of nitrogens with two attached hydrogens (primary N) is 1. The second-order valence-electron chi connectivity index (χ2n) is 3.14. The van der Waals surface area contributed by atoms with Crippen LogP contribution < -0.4 is 16.4 Å². The van der Waals surface area contributed by atoms with Gasteiger partial charge in [0.15, 0.2) is 11.9 Å². The van der Waals surface area contributed by atoms with Crippen molar-refractivity contribution in [2.24, 2.45) is 5.73 Å². The van der Waals surface area contributed by atoms with E-state index >= 15 is 0 Å². The van der Waals surface area contributed by atoms with E-state index in [1.54, 1.807) is 12.1 Å². The van der Waals surface area contributed by atoms with Gasteiger partial charge in [0.2, 0.25) is 0 Å². The molecule has 0 aromatic heterocycles. The molecule has 0 heterocycles. The zero-order chi connectivity index (χ0) is 12.3. The number of guanidine groups is 2. The molecule has 0 aliphatic heterocycles. The van der Waals surface area contributed by atoms with Crippen LogP contribution in [0.3, 0.4) is 0 Å². The number of rotatable bonds is 1. The zero-order valence-corrected chi connectivity index (χ0v) is 10.00. The fourth-order valence-electron chi connectivity index (χ4n) is 1.11. The highest BCUT2D eigenvalue weighted by Crippen LogP contribution is 2.31. The Morgan fingerprint density at radius 1 is 1.25 bits per heavy atom. The summed E-state index contributed by atoms with van der Waals surface area (Å²) in [7, 11) is 0. The van der Waals surface area contributed by atoms with Gasteiger partial charge in [-0.15, -0.1) is 0 Å². The lowest BCUT2D eigenvalue weighted by molar-refractivity contribution is 1.20. The summed E-state index contributed by atoms with van der Waals surface area (Å²) < 4.78 is 0. The molecule has 6 N–H and O–H groups in total. The van der Waals surface area contributed by atoms with E-state index < -0.39 is 0 Å². The quantitative estimate of drug-likeness (QED) is 0.395. The molecule has 0 radical (unpaired) electrons. The molecule has 7 heteroatoms. The van der Waals surface area contributed by atoms with E-state index in [4.69, 9.17) is 39.8 Å². The Hall–Kier alpha value is -1.46. The van der Waals surface area contributed by atoms with E-state index in [0.29, 0.717) is 15.7 Å². The molecule has 1 aromatic carbocycles. The molecule has 0 unspecified atom stereocenters. The predicted octanol–water partition coefficient (Wildman–Crippen LogP) is 2.13. The van der Waals surface area contributed by atoms with Crippen molar-refractivity contribution in [2.45, 2.75) is 6.92 Å². The van der Waals surface area contributed by atoms with E-state index in [9.17, 15) is 0 Å². The maximum Gasteiger partial charge on any atom is 0.199 e. The van der Waals surface area contributed by atoms with Crippen LogP contribution in [-0.2, 0) is 0 Å². The molecule has 0 aliphatic rings. The minimum absolute atomic E-state index is 0.167. The van der Waals surface area contributed by atoms with E-state index in [2.05, 4.69) is 10.6 Å². The highest BCUT2D eigenvalue weighted by atomic mass is 35.5. The molecule has 0 saturated carbocycles. The standard InChI is InChI=1S/C9H11Cl2N5/c1-4-2-5(10)7(6(11)3-4)15-9(14)16-8(12)13/h2-3H,1H3,(H6,12,13,14,15,16). The van der Waals surface area contributed by atoms with Gasteiger partial charge in [-0.2, -0.15) is 0 Å². The lowest BCUT2D eigenvalue weighted by Crippen LogP contribution is -2.39. The average molecular weight is 260 g/mol. The second kappa shape index (κ2) is 5.05. The van der Waals surface area contributed by atoms with Crippen molar-refractivity contribution in [2.75, 3.05) is 5.32 Å². The van der Waals surface area contributed by atoms with Gasteiger partial charge in [-0.3, -0.25) is 16.1 Å². The van der Waals surface area contributed by atoms with Crippen LogP contribution in [-0.4, -0.2) is 11.9 Å².